The minimum Gasteiger partial charge on any atom is -0.483 e. The summed E-state index contributed by atoms with van der Waals surface area (Å²) in [4.78, 5) is 10.4. The molecule has 92 valence electrons. The highest BCUT2D eigenvalue weighted by Crippen LogP contribution is 2.40. The Morgan fingerprint density at radius 2 is 2.18 bits per heavy atom. The van der Waals surface area contributed by atoms with Gasteiger partial charge in [0.1, 0.15) is 6.10 Å². The fourth-order valence-corrected chi connectivity index (χ4v) is 2.56. The second-order valence-electron chi connectivity index (χ2n) is 3.96. The SMILES string of the molecule is NC1CC(Oc2c(Br)cc(Cl)cc2[N+](=O)[O-])C1. The molecule has 0 aromatic heterocycles. The van der Waals surface area contributed by atoms with Crippen LogP contribution in [0.1, 0.15) is 12.8 Å². The van der Waals surface area contributed by atoms with Crippen LogP contribution in [0.4, 0.5) is 5.69 Å². The molecule has 2 rings (SSSR count). The van der Waals surface area contributed by atoms with Crippen LogP contribution in [0.2, 0.25) is 5.02 Å². The Balaban J connectivity index is 2.28. The van der Waals surface area contributed by atoms with Gasteiger partial charge in [-0.3, -0.25) is 10.1 Å². The maximum Gasteiger partial charge on any atom is 0.313 e. The highest BCUT2D eigenvalue weighted by Gasteiger charge is 2.31. The molecule has 0 spiro atoms. The molecule has 7 heteroatoms. The van der Waals surface area contributed by atoms with Crippen molar-refractivity contribution in [1.29, 1.82) is 0 Å². The predicted octanol–water partition coefficient (Wildman–Crippen LogP) is 2.88. The lowest BCUT2D eigenvalue weighted by Gasteiger charge is -2.32. The van der Waals surface area contributed by atoms with Crippen LogP contribution >= 0.6 is 27.5 Å². The van der Waals surface area contributed by atoms with Crippen molar-refractivity contribution in [3.05, 3.63) is 31.7 Å². The van der Waals surface area contributed by atoms with E-state index in [4.69, 9.17) is 22.1 Å². The van der Waals surface area contributed by atoms with Crippen molar-refractivity contribution < 1.29 is 9.66 Å². The summed E-state index contributed by atoms with van der Waals surface area (Å²) in [6.45, 7) is 0. The lowest BCUT2D eigenvalue weighted by atomic mass is 9.90. The lowest BCUT2D eigenvalue weighted by molar-refractivity contribution is -0.386. The molecule has 0 heterocycles. The molecule has 1 fully saturated rings. The Bertz CT molecular complexity index is 463. The van der Waals surface area contributed by atoms with E-state index in [0.717, 1.165) is 0 Å². The zero-order valence-corrected chi connectivity index (χ0v) is 11.1. The second-order valence-corrected chi connectivity index (χ2v) is 5.26. The molecule has 5 nitrogen and oxygen atoms in total. The topological polar surface area (TPSA) is 78.4 Å². The van der Waals surface area contributed by atoms with Crippen molar-refractivity contribution >= 4 is 33.2 Å². The van der Waals surface area contributed by atoms with E-state index < -0.39 is 4.92 Å². The van der Waals surface area contributed by atoms with Crippen molar-refractivity contribution in [3.8, 4) is 5.75 Å². The third-order valence-electron chi connectivity index (χ3n) is 2.60. The number of nitrogens with zero attached hydrogens (tertiary/aromatic N) is 1. The Kier molecular flexibility index (Phi) is 3.56. The molecule has 1 aliphatic carbocycles. The maximum absolute atomic E-state index is 10.9. The Morgan fingerprint density at radius 3 is 2.71 bits per heavy atom. The molecule has 0 radical (unpaired) electrons. The highest BCUT2D eigenvalue weighted by molar-refractivity contribution is 9.10. The minimum absolute atomic E-state index is 0.0545. The fourth-order valence-electron chi connectivity index (χ4n) is 1.67. The molecule has 0 aliphatic heterocycles. The van der Waals surface area contributed by atoms with Crippen LogP contribution in [0.15, 0.2) is 16.6 Å². The van der Waals surface area contributed by atoms with Gasteiger partial charge in [-0.15, -0.1) is 0 Å². The van der Waals surface area contributed by atoms with E-state index in [9.17, 15) is 10.1 Å². The first-order chi connectivity index (χ1) is 7.97. The third-order valence-corrected chi connectivity index (χ3v) is 3.41. The van der Waals surface area contributed by atoms with Gasteiger partial charge >= 0.3 is 5.69 Å². The average Bonchev–Trinajstić information content (AvgIpc) is 2.18. The van der Waals surface area contributed by atoms with Crippen molar-refractivity contribution in [1.82, 2.24) is 0 Å². The number of rotatable bonds is 3. The standard InChI is InChI=1S/C10H10BrClN2O3/c11-8-1-5(12)2-9(14(15)16)10(8)17-7-3-6(13)4-7/h1-2,6-7H,3-4,13H2. The van der Waals surface area contributed by atoms with Crippen LogP contribution in [0, 0.1) is 10.1 Å². The first-order valence-corrected chi connectivity index (χ1v) is 6.20. The smallest absolute Gasteiger partial charge is 0.313 e. The van der Waals surface area contributed by atoms with Gasteiger partial charge in [-0.2, -0.15) is 0 Å². The number of benzene rings is 1. The third kappa shape index (κ3) is 2.70. The highest BCUT2D eigenvalue weighted by atomic mass is 79.9. The van der Waals surface area contributed by atoms with Crippen molar-refractivity contribution in [2.24, 2.45) is 5.73 Å². The summed E-state index contributed by atoms with van der Waals surface area (Å²) in [6.07, 6.45) is 1.37. The van der Waals surface area contributed by atoms with Gasteiger partial charge in [0.25, 0.3) is 0 Å². The zero-order valence-electron chi connectivity index (χ0n) is 8.73. The molecule has 0 atom stereocenters. The largest absolute Gasteiger partial charge is 0.483 e. The van der Waals surface area contributed by atoms with Crippen LogP contribution in [0.5, 0.6) is 5.75 Å². The lowest BCUT2D eigenvalue weighted by Crippen LogP contribution is -2.43. The van der Waals surface area contributed by atoms with Gasteiger partial charge in [-0.05, 0) is 34.8 Å². The van der Waals surface area contributed by atoms with Crippen molar-refractivity contribution in [2.75, 3.05) is 0 Å². The molecular formula is C10H10BrClN2O3. The molecule has 1 aromatic rings. The van der Waals surface area contributed by atoms with Gasteiger partial charge in [-0.25, -0.2) is 0 Å². The van der Waals surface area contributed by atoms with Crippen LogP contribution in [0.25, 0.3) is 0 Å². The summed E-state index contributed by atoms with van der Waals surface area (Å²) in [6, 6.07) is 2.98. The quantitative estimate of drug-likeness (QED) is 0.686. The number of hydrogen-bond acceptors (Lipinski definition) is 4. The van der Waals surface area contributed by atoms with Crippen molar-refractivity contribution in [2.45, 2.75) is 25.0 Å². The van der Waals surface area contributed by atoms with Gasteiger partial charge in [0.05, 0.1) is 9.40 Å². The first kappa shape index (κ1) is 12.6. The molecule has 2 N–H and O–H groups in total. The van der Waals surface area contributed by atoms with E-state index in [-0.39, 0.29) is 23.6 Å². The predicted molar refractivity (Wildman–Crippen MR) is 67.4 cm³/mol. The van der Waals surface area contributed by atoms with E-state index in [1.807, 2.05) is 0 Å². The van der Waals surface area contributed by atoms with E-state index in [1.165, 1.54) is 6.07 Å². The fraction of sp³-hybridized carbons (Fsp3) is 0.400. The van der Waals surface area contributed by atoms with Crippen LogP contribution in [-0.2, 0) is 0 Å². The molecule has 17 heavy (non-hydrogen) atoms. The van der Waals surface area contributed by atoms with Gasteiger partial charge in [0.2, 0.25) is 5.75 Å². The van der Waals surface area contributed by atoms with E-state index in [0.29, 0.717) is 22.3 Å². The Morgan fingerprint density at radius 1 is 1.53 bits per heavy atom. The van der Waals surface area contributed by atoms with Crippen LogP contribution < -0.4 is 10.5 Å². The molecule has 0 bridgehead atoms. The average molecular weight is 322 g/mol. The number of nitrogens with two attached hydrogens (primary N) is 1. The summed E-state index contributed by atoms with van der Waals surface area (Å²) >= 11 is 8.98. The molecule has 1 aromatic carbocycles. The van der Waals surface area contributed by atoms with Gasteiger partial charge in [0, 0.05) is 17.1 Å². The summed E-state index contributed by atoms with van der Waals surface area (Å²) in [5.74, 6) is 0.219. The second kappa shape index (κ2) is 4.80. The summed E-state index contributed by atoms with van der Waals surface area (Å²) in [7, 11) is 0. The molecule has 0 amide bonds. The zero-order chi connectivity index (χ0) is 12.6. The van der Waals surface area contributed by atoms with Gasteiger partial charge < -0.3 is 10.5 Å². The monoisotopic (exact) mass is 320 g/mol. The summed E-state index contributed by atoms with van der Waals surface area (Å²) < 4.78 is 6.06. The Labute approximate surface area is 111 Å². The summed E-state index contributed by atoms with van der Waals surface area (Å²) in [5.41, 5.74) is 5.50. The van der Waals surface area contributed by atoms with Crippen molar-refractivity contribution in [3.63, 3.8) is 0 Å². The number of nitro benzene ring substituents is 1. The molecule has 1 aliphatic rings. The van der Waals surface area contributed by atoms with Crippen LogP contribution in [-0.4, -0.2) is 17.1 Å². The molecule has 1 saturated carbocycles. The molecule has 0 saturated heterocycles. The van der Waals surface area contributed by atoms with Crippen LogP contribution in [0.3, 0.4) is 0 Å². The Hall–Kier alpha value is -0.850. The number of nitro groups is 1. The number of ether oxygens (including phenoxy) is 1. The van der Waals surface area contributed by atoms with E-state index in [1.54, 1.807) is 6.07 Å². The minimum atomic E-state index is -0.509. The number of hydrogen-bond donors (Lipinski definition) is 1. The van der Waals surface area contributed by atoms with E-state index >= 15 is 0 Å². The van der Waals surface area contributed by atoms with Gasteiger partial charge in [0.15, 0.2) is 0 Å². The first-order valence-electron chi connectivity index (χ1n) is 5.03. The molecular weight excluding hydrogens is 311 g/mol. The normalized spacial score (nSPS) is 23.0. The van der Waals surface area contributed by atoms with E-state index in [2.05, 4.69) is 15.9 Å². The maximum atomic E-state index is 10.9. The molecule has 0 unspecified atom stereocenters. The number of halogens is 2. The van der Waals surface area contributed by atoms with Gasteiger partial charge in [-0.1, -0.05) is 11.6 Å². The summed E-state index contributed by atoms with van der Waals surface area (Å²) in [5, 5.41) is 11.2.